The van der Waals surface area contributed by atoms with Crippen LogP contribution >= 0.6 is 0 Å². The van der Waals surface area contributed by atoms with Crippen molar-refractivity contribution < 1.29 is 4.46 Å². The topological polar surface area (TPSA) is 45.8 Å². The highest BCUT2D eigenvalue weighted by atomic mass is 28.3. The van der Waals surface area contributed by atoms with E-state index in [-0.39, 0.29) is 5.92 Å². The van der Waals surface area contributed by atoms with E-state index in [2.05, 4.69) is 22.0 Å². The zero-order chi connectivity index (χ0) is 11.1. The lowest BCUT2D eigenvalue weighted by Crippen LogP contribution is -2.02. The first-order valence-corrected chi connectivity index (χ1v) is 7.03. The van der Waals surface area contributed by atoms with Gasteiger partial charge in [-0.15, -0.1) is 0 Å². The molecule has 15 heavy (non-hydrogen) atoms. The van der Waals surface area contributed by atoms with Crippen molar-refractivity contribution in [3.05, 3.63) is 18.0 Å². The summed E-state index contributed by atoms with van der Waals surface area (Å²) in [5.74, 6) is 6.42. The van der Waals surface area contributed by atoms with Gasteiger partial charge in [0.25, 0.3) is 8.68 Å². The van der Waals surface area contributed by atoms with Gasteiger partial charge in [0.2, 0.25) is 0 Å². The molecule has 1 unspecified atom stereocenters. The number of nitrogens with zero attached hydrogens (tertiary/aromatic N) is 1. The number of aromatic amines is 1. The van der Waals surface area contributed by atoms with Gasteiger partial charge in [-0.2, -0.15) is 5.10 Å². The summed E-state index contributed by atoms with van der Waals surface area (Å²) in [7, 11) is -1.38. The Morgan fingerprint density at radius 1 is 1.67 bits per heavy atom. The largest absolute Gasteiger partial charge is 0.388 e. The van der Waals surface area contributed by atoms with Crippen molar-refractivity contribution in [2.45, 2.75) is 32.4 Å². The normalized spacial score (nSPS) is 11.6. The molecule has 1 N–H and O–H groups in total. The average molecular weight is 220 g/mol. The molecule has 1 heterocycles. The minimum Gasteiger partial charge on any atom is -0.388 e. The van der Waals surface area contributed by atoms with Crippen molar-refractivity contribution in [3.63, 3.8) is 0 Å². The number of nitrogens with one attached hydrogen (secondary N) is 1. The van der Waals surface area contributed by atoms with Crippen LogP contribution in [-0.4, -0.2) is 18.9 Å². The van der Waals surface area contributed by atoms with Gasteiger partial charge in [-0.3, -0.25) is 5.10 Å². The second-order valence-corrected chi connectivity index (χ2v) is 5.77. The summed E-state index contributed by atoms with van der Waals surface area (Å²) < 4.78 is 11.3. The molecule has 0 aliphatic heterocycles. The first-order valence-electron chi connectivity index (χ1n) is 5.20. The second-order valence-electron chi connectivity index (χ2n) is 3.58. The van der Waals surface area contributed by atoms with Crippen LogP contribution in [0.5, 0.6) is 0 Å². The van der Waals surface area contributed by atoms with Crippen molar-refractivity contribution in [2.75, 3.05) is 0 Å². The number of rotatable bonds is 4. The average Bonchev–Trinajstić information content (AvgIpc) is 2.70. The third-order valence-corrected chi connectivity index (χ3v) is 3.97. The van der Waals surface area contributed by atoms with Gasteiger partial charge >= 0.3 is 0 Å². The second kappa shape index (κ2) is 6.30. The zero-order valence-electron chi connectivity index (χ0n) is 9.21. The summed E-state index contributed by atoms with van der Waals surface area (Å²) in [6.07, 6.45) is 2.41. The number of hydrogen-bond donors (Lipinski definition) is 1. The van der Waals surface area contributed by atoms with Gasteiger partial charge < -0.3 is 4.46 Å². The van der Waals surface area contributed by atoms with E-state index in [9.17, 15) is 4.46 Å². The molecule has 1 aromatic rings. The Morgan fingerprint density at radius 2 is 2.47 bits per heavy atom. The van der Waals surface area contributed by atoms with Crippen LogP contribution in [0.25, 0.3) is 0 Å². The third-order valence-electron chi connectivity index (χ3n) is 2.11. The zero-order valence-corrected chi connectivity index (χ0v) is 10.2. The van der Waals surface area contributed by atoms with Gasteiger partial charge in [-0.05, 0) is 12.1 Å². The van der Waals surface area contributed by atoms with E-state index in [4.69, 9.17) is 0 Å². The Bertz CT molecular complexity index is 362. The molecule has 0 spiro atoms. The summed E-state index contributed by atoms with van der Waals surface area (Å²) in [6, 6.07) is 3.45. The van der Waals surface area contributed by atoms with E-state index >= 15 is 0 Å². The molecular formula is C11H16N2OSi. The molecular weight excluding hydrogens is 204 g/mol. The minimum absolute atomic E-state index is 0.235. The molecule has 0 amide bonds. The summed E-state index contributed by atoms with van der Waals surface area (Å²) in [5.41, 5.74) is 1.03. The van der Waals surface area contributed by atoms with E-state index in [1.165, 1.54) is 0 Å². The molecule has 3 nitrogen and oxygen atoms in total. The summed E-state index contributed by atoms with van der Waals surface area (Å²) in [6.45, 7) is 3.99. The van der Waals surface area contributed by atoms with Crippen molar-refractivity contribution >= 4 is 8.68 Å². The van der Waals surface area contributed by atoms with Crippen molar-refractivity contribution in [1.82, 2.24) is 10.2 Å². The Labute approximate surface area is 92.0 Å². The van der Waals surface area contributed by atoms with Crippen LogP contribution in [0.4, 0.5) is 0 Å². The minimum atomic E-state index is -1.38. The molecule has 1 atom stereocenters. The standard InChI is InChI=1S/C11H16N2OSi/c1-3-15(14)9-10(2)5-4-6-11-7-8-12-13-11/h7-8,10H,3,6,9H2,1-2H3,(H,12,13). The summed E-state index contributed by atoms with van der Waals surface area (Å²) in [5, 5.41) is 6.70. The SMILES string of the molecule is CC[Si](=O)CC(C)C#CCc1ccn[nH]1. The fourth-order valence-corrected chi connectivity index (χ4v) is 2.31. The van der Waals surface area contributed by atoms with Crippen LogP contribution in [0.2, 0.25) is 12.1 Å². The Kier molecular flexibility index (Phi) is 4.98. The molecule has 0 fully saturated rings. The predicted octanol–water partition coefficient (Wildman–Crippen LogP) is 2.03. The molecule has 0 aromatic carbocycles. The molecule has 1 rings (SSSR count). The molecule has 1 aromatic heterocycles. The lowest BCUT2D eigenvalue weighted by atomic mass is 10.2. The highest BCUT2D eigenvalue weighted by Crippen LogP contribution is 2.03. The fraction of sp³-hybridized carbons (Fsp3) is 0.545. The Hall–Kier alpha value is -1.21. The van der Waals surface area contributed by atoms with Gasteiger partial charge in [0.05, 0.1) is 6.42 Å². The fourth-order valence-electron chi connectivity index (χ4n) is 1.24. The monoisotopic (exact) mass is 220 g/mol. The van der Waals surface area contributed by atoms with Gasteiger partial charge in [0.15, 0.2) is 0 Å². The molecule has 0 saturated heterocycles. The van der Waals surface area contributed by atoms with E-state index in [0.29, 0.717) is 6.42 Å². The first kappa shape index (κ1) is 11.9. The van der Waals surface area contributed by atoms with E-state index < -0.39 is 8.68 Å². The van der Waals surface area contributed by atoms with Gasteiger partial charge in [-0.25, -0.2) is 0 Å². The lowest BCUT2D eigenvalue weighted by Gasteiger charge is -1.98. The smallest absolute Gasteiger partial charge is 0.277 e. The highest BCUT2D eigenvalue weighted by Gasteiger charge is 2.06. The molecule has 4 heteroatoms. The van der Waals surface area contributed by atoms with Crippen LogP contribution in [0.15, 0.2) is 12.3 Å². The lowest BCUT2D eigenvalue weighted by molar-refractivity contribution is 0.553. The maximum absolute atomic E-state index is 11.3. The van der Waals surface area contributed by atoms with Crippen LogP contribution in [-0.2, 0) is 10.9 Å². The van der Waals surface area contributed by atoms with E-state index in [1.54, 1.807) is 6.20 Å². The predicted molar refractivity (Wildman–Crippen MR) is 61.0 cm³/mol. The van der Waals surface area contributed by atoms with Crippen molar-refractivity contribution in [2.24, 2.45) is 5.92 Å². The van der Waals surface area contributed by atoms with Gasteiger partial charge in [-0.1, -0.05) is 25.7 Å². The van der Waals surface area contributed by atoms with Crippen molar-refractivity contribution in [1.29, 1.82) is 0 Å². The van der Waals surface area contributed by atoms with Crippen LogP contribution < -0.4 is 0 Å². The maximum atomic E-state index is 11.3. The van der Waals surface area contributed by atoms with Crippen LogP contribution in [0, 0.1) is 17.8 Å². The quantitative estimate of drug-likeness (QED) is 0.623. The molecule has 0 saturated carbocycles. The van der Waals surface area contributed by atoms with Gasteiger partial charge in [0, 0.05) is 23.9 Å². The molecule has 80 valence electrons. The van der Waals surface area contributed by atoms with E-state index in [0.717, 1.165) is 17.8 Å². The maximum Gasteiger partial charge on any atom is 0.277 e. The highest BCUT2D eigenvalue weighted by molar-refractivity contribution is 6.42. The van der Waals surface area contributed by atoms with Crippen molar-refractivity contribution in [3.8, 4) is 11.8 Å². The first-order chi connectivity index (χ1) is 7.22. The number of H-pyrrole nitrogens is 1. The summed E-state index contributed by atoms with van der Waals surface area (Å²) in [4.78, 5) is 0. The molecule has 0 radical (unpaired) electrons. The molecule has 0 aliphatic carbocycles. The Morgan fingerprint density at radius 3 is 3.07 bits per heavy atom. The molecule has 0 aliphatic rings. The number of hydrogen-bond acceptors (Lipinski definition) is 2. The third kappa shape index (κ3) is 4.70. The Balaban J connectivity index is 2.34. The van der Waals surface area contributed by atoms with Crippen LogP contribution in [0.3, 0.4) is 0 Å². The van der Waals surface area contributed by atoms with Crippen LogP contribution in [0.1, 0.15) is 19.5 Å². The van der Waals surface area contributed by atoms with E-state index in [1.807, 2.05) is 19.9 Å². The molecule has 0 bridgehead atoms. The van der Waals surface area contributed by atoms with Gasteiger partial charge in [0.1, 0.15) is 0 Å². The summed E-state index contributed by atoms with van der Waals surface area (Å²) >= 11 is 0. The number of aromatic nitrogens is 2.